The lowest BCUT2D eigenvalue weighted by atomic mass is 10.2. The lowest BCUT2D eigenvalue weighted by Crippen LogP contribution is -2.42. The highest BCUT2D eigenvalue weighted by atomic mass is 16.6. The predicted octanol–water partition coefficient (Wildman–Crippen LogP) is 1.85. The van der Waals surface area contributed by atoms with E-state index in [2.05, 4.69) is 12.1 Å². The maximum Gasteiger partial charge on any atom is 0.415 e. The van der Waals surface area contributed by atoms with Crippen molar-refractivity contribution in [2.75, 3.05) is 26.3 Å². The molecule has 0 spiro atoms. The van der Waals surface area contributed by atoms with Crippen LogP contribution in [0, 0.1) is 0 Å². The van der Waals surface area contributed by atoms with Crippen LogP contribution in [0.1, 0.15) is 5.56 Å². The zero-order valence-corrected chi connectivity index (χ0v) is 12.4. The van der Waals surface area contributed by atoms with Crippen molar-refractivity contribution in [3.63, 3.8) is 0 Å². The fraction of sp³-hybridized carbons (Fsp3) is 0.294. The molecule has 0 atom stereocenters. The fourth-order valence-electron chi connectivity index (χ4n) is 2.36. The molecule has 5 nitrogen and oxygen atoms in total. The van der Waals surface area contributed by atoms with Crippen molar-refractivity contribution >= 4 is 6.09 Å². The van der Waals surface area contributed by atoms with Crippen LogP contribution in [-0.4, -0.2) is 37.3 Å². The topological polar surface area (TPSA) is 42.7 Å². The smallest absolute Gasteiger partial charge is 0.404 e. The molecule has 1 aromatic carbocycles. The summed E-state index contributed by atoms with van der Waals surface area (Å²) in [5.41, 5.74) is 1.20. The van der Waals surface area contributed by atoms with Gasteiger partial charge in [0.2, 0.25) is 6.20 Å². The molecule has 5 heteroatoms. The molecule has 1 aliphatic rings. The standard InChI is InChI=1S/C17H19N2O3/c20-17(19-9-11-21-12-10-19)22-16-7-4-8-18(14-16)13-15-5-2-1-3-6-15/h1-8,14H,9-13H2/q+1. The molecular weight excluding hydrogens is 280 g/mol. The minimum Gasteiger partial charge on any atom is -0.404 e. The molecule has 0 saturated carbocycles. The Morgan fingerprint density at radius 1 is 1.14 bits per heavy atom. The number of hydrogen-bond donors (Lipinski definition) is 0. The molecule has 0 radical (unpaired) electrons. The Bertz CT molecular complexity index is 625. The summed E-state index contributed by atoms with van der Waals surface area (Å²) in [5, 5.41) is 0. The zero-order chi connectivity index (χ0) is 15.2. The van der Waals surface area contributed by atoms with Crippen LogP contribution in [0.5, 0.6) is 5.75 Å². The number of nitrogens with zero attached hydrogens (tertiary/aromatic N) is 2. The number of benzene rings is 1. The Hall–Kier alpha value is -2.40. The van der Waals surface area contributed by atoms with E-state index >= 15 is 0 Å². The second kappa shape index (κ2) is 7.04. The largest absolute Gasteiger partial charge is 0.415 e. The van der Waals surface area contributed by atoms with Crippen LogP contribution < -0.4 is 9.30 Å². The zero-order valence-electron chi connectivity index (χ0n) is 12.4. The van der Waals surface area contributed by atoms with E-state index in [1.807, 2.05) is 41.2 Å². The van der Waals surface area contributed by atoms with Gasteiger partial charge in [-0.1, -0.05) is 30.3 Å². The Labute approximate surface area is 129 Å². The average molecular weight is 299 g/mol. The SMILES string of the molecule is O=C(Oc1ccc[n+](Cc2ccccc2)c1)N1CCOCC1. The van der Waals surface area contributed by atoms with E-state index in [0.717, 1.165) is 6.54 Å². The third kappa shape index (κ3) is 3.83. The summed E-state index contributed by atoms with van der Waals surface area (Å²) in [6.45, 7) is 3.03. The summed E-state index contributed by atoms with van der Waals surface area (Å²) in [5.74, 6) is 0.551. The molecule has 1 aromatic heterocycles. The van der Waals surface area contributed by atoms with Crippen molar-refractivity contribution in [1.82, 2.24) is 4.90 Å². The van der Waals surface area contributed by atoms with Gasteiger partial charge in [-0.05, 0) is 6.07 Å². The van der Waals surface area contributed by atoms with E-state index in [9.17, 15) is 4.79 Å². The van der Waals surface area contributed by atoms with Crippen LogP contribution in [0.25, 0.3) is 0 Å². The van der Waals surface area contributed by atoms with E-state index in [0.29, 0.717) is 32.1 Å². The third-order valence-corrected chi connectivity index (χ3v) is 3.51. The molecule has 114 valence electrons. The van der Waals surface area contributed by atoms with Crippen LogP contribution in [0.3, 0.4) is 0 Å². The molecule has 1 saturated heterocycles. The Kier molecular flexibility index (Phi) is 4.65. The predicted molar refractivity (Wildman–Crippen MR) is 80.6 cm³/mol. The first-order valence-corrected chi connectivity index (χ1v) is 7.39. The van der Waals surface area contributed by atoms with Crippen molar-refractivity contribution in [3.8, 4) is 5.75 Å². The van der Waals surface area contributed by atoms with Gasteiger partial charge in [-0.25, -0.2) is 4.79 Å². The lowest BCUT2D eigenvalue weighted by Gasteiger charge is -2.25. The van der Waals surface area contributed by atoms with Crippen LogP contribution in [0.4, 0.5) is 4.79 Å². The highest BCUT2D eigenvalue weighted by Gasteiger charge is 2.19. The van der Waals surface area contributed by atoms with Crippen molar-refractivity contribution in [2.24, 2.45) is 0 Å². The molecule has 1 aliphatic heterocycles. The van der Waals surface area contributed by atoms with E-state index < -0.39 is 0 Å². The van der Waals surface area contributed by atoms with E-state index in [1.165, 1.54) is 5.56 Å². The van der Waals surface area contributed by atoms with Gasteiger partial charge in [-0.15, -0.1) is 0 Å². The van der Waals surface area contributed by atoms with Crippen LogP contribution in [-0.2, 0) is 11.3 Å². The van der Waals surface area contributed by atoms with Gasteiger partial charge < -0.3 is 14.4 Å². The quantitative estimate of drug-likeness (QED) is 0.812. The molecule has 0 bridgehead atoms. The van der Waals surface area contributed by atoms with Gasteiger partial charge >= 0.3 is 6.09 Å². The molecule has 22 heavy (non-hydrogen) atoms. The lowest BCUT2D eigenvalue weighted by molar-refractivity contribution is -0.688. The Morgan fingerprint density at radius 2 is 1.91 bits per heavy atom. The molecule has 0 N–H and O–H groups in total. The number of pyridine rings is 1. The number of rotatable bonds is 3. The van der Waals surface area contributed by atoms with Gasteiger partial charge in [0.25, 0.3) is 0 Å². The maximum atomic E-state index is 12.1. The molecule has 1 amide bonds. The minimum absolute atomic E-state index is 0.319. The highest BCUT2D eigenvalue weighted by Crippen LogP contribution is 2.09. The minimum atomic E-state index is -0.319. The average Bonchev–Trinajstić information content (AvgIpc) is 2.57. The van der Waals surface area contributed by atoms with Gasteiger partial charge in [0.05, 0.1) is 13.2 Å². The van der Waals surface area contributed by atoms with Crippen molar-refractivity contribution in [2.45, 2.75) is 6.54 Å². The summed E-state index contributed by atoms with van der Waals surface area (Å²) in [7, 11) is 0. The second-order valence-electron chi connectivity index (χ2n) is 5.16. The summed E-state index contributed by atoms with van der Waals surface area (Å²) in [6, 6.07) is 13.8. The number of carbonyl (C=O) groups excluding carboxylic acids is 1. The van der Waals surface area contributed by atoms with Crippen molar-refractivity contribution in [3.05, 3.63) is 60.4 Å². The molecule has 0 aliphatic carbocycles. The summed E-state index contributed by atoms with van der Waals surface area (Å²) in [6.07, 6.45) is 3.48. The molecular formula is C17H19N2O3+. The Balaban J connectivity index is 1.64. The van der Waals surface area contributed by atoms with E-state index in [4.69, 9.17) is 9.47 Å². The normalized spacial score (nSPS) is 14.6. The van der Waals surface area contributed by atoms with Gasteiger partial charge in [-0.2, -0.15) is 4.57 Å². The van der Waals surface area contributed by atoms with Gasteiger partial charge in [0, 0.05) is 24.7 Å². The van der Waals surface area contributed by atoms with Crippen LogP contribution in [0.15, 0.2) is 54.9 Å². The van der Waals surface area contributed by atoms with Gasteiger partial charge in [0.15, 0.2) is 18.5 Å². The first-order valence-electron chi connectivity index (χ1n) is 7.39. The van der Waals surface area contributed by atoms with Crippen molar-refractivity contribution in [1.29, 1.82) is 0 Å². The van der Waals surface area contributed by atoms with E-state index in [-0.39, 0.29) is 6.09 Å². The highest BCUT2D eigenvalue weighted by molar-refractivity contribution is 5.70. The number of amides is 1. The molecule has 0 unspecified atom stereocenters. The monoisotopic (exact) mass is 299 g/mol. The number of aromatic nitrogens is 1. The number of ether oxygens (including phenoxy) is 2. The summed E-state index contributed by atoms with van der Waals surface area (Å²) in [4.78, 5) is 13.7. The Morgan fingerprint density at radius 3 is 2.68 bits per heavy atom. The number of carbonyl (C=O) groups is 1. The molecule has 3 rings (SSSR count). The molecule has 2 aromatic rings. The van der Waals surface area contributed by atoms with Crippen LogP contribution in [0.2, 0.25) is 0 Å². The summed E-state index contributed by atoms with van der Waals surface area (Å²) < 4.78 is 12.7. The molecule has 2 heterocycles. The molecule has 1 fully saturated rings. The van der Waals surface area contributed by atoms with Crippen LogP contribution >= 0.6 is 0 Å². The van der Waals surface area contributed by atoms with Gasteiger partial charge in [0.1, 0.15) is 0 Å². The number of morpholine rings is 1. The van der Waals surface area contributed by atoms with E-state index in [1.54, 1.807) is 11.0 Å². The second-order valence-corrected chi connectivity index (χ2v) is 5.16. The first-order chi connectivity index (χ1) is 10.8. The van der Waals surface area contributed by atoms with Crippen molar-refractivity contribution < 1.29 is 18.8 Å². The van der Waals surface area contributed by atoms with Gasteiger partial charge in [-0.3, -0.25) is 0 Å². The number of hydrogen-bond acceptors (Lipinski definition) is 3. The fourth-order valence-corrected chi connectivity index (χ4v) is 2.36. The first kappa shape index (κ1) is 14.5. The third-order valence-electron chi connectivity index (χ3n) is 3.51. The summed E-state index contributed by atoms with van der Waals surface area (Å²) >= 11 is 0. The maximum absolute atomic E-state index is 12.1.